The number of carboxylic acid groups (broad SMARTS) is 1. The van der Waals surface area contributed by atoms with Crippen molar-refractivity contribution in [3.05, 3.63) is 0 Å². The quantitative estimate of drug-likeness (QED) is 0.539. The van der Waals surface area contributed by atoms with Crippen LogP contribution in [-0.2, 0) is 19.1 Å². The Morgan fingerprint density at radius 2 is 1.75 bits per heavy atom. The number of Topliss-reactive ketones (excluding diaryl/α,β-unsaturated/α-hetero) is 1. The molecule has 0 fully saturated rings. The highest BCUT2D eigenvalue weighted by Crippen LogP contribution is 2.34. The molecule has 0 heterocycles. The molecule has 0 aromatic heterocycles. The van der Waals surface area contributed by atoms with Gasteiger partial charge < -0.3 is 9.84 Å². The van der Waals surface area contributed by atoms with Gasteiger partial charge in [0.2, 0.25) is 0 Å². The van der Waals surface area contributed by atoms with E-state index in [2.05, 4.69) is 0 Å². The molecular weight excluding hydrogens is 231 g/mol. The van der Waals surface area contributed by atoms with Gasteiger partial charge in [-0.25, -0.2) is 0 Å². The minimum absolute atomic E-state index is 0.0411. The van der Waals surface area contributed by atoms with Gasteiger partial charge in [0.15, 0.2) is 0 Å². The molecule has 0 rings (SSSR count). The Balaban J connectivity index is 4.24. The Morgan fingerprint density at radius 1 is 1.19 bits per heavy atom. The zero-order chi connectivity index (χ0) is 12.7. The average molecular weight is 248 g/mol. The van der Waals surface area contributed by atoms with Crippen LogP contribution in [0.15, 0.2) is 0 Å². The second-order valence-electron chi connectivity index (χ2n) is 3.78. The summed E-state index contributed by atoms with van der Waals surface area (Å²) in [5, 5.41) is 8.64. The van der Waals surface area contributed by atoms with Gasteiger partial charge in [-0.1, -0.05) is 7.92 Å². The normalized spacial score (nSPS) is 12.2. The maximum absolute atomic E-state index is 11.3. The number of ether oxygens (including phenoxy) is 1. The van der Waals surface area contributed by atoms with Gasteiger partial charge in [-0.3, -0.25) is 14.4 Å². The van der Waals surface area contributed by atoms with E-state index in [1.807, 2.05) is 0 Å². The summed E-state index contributed by atoms with van der Waals surface area (Å²) in [7, 11) is -1.13. The van der Waals surface area contributed by atoms with Crippen molar-refractivity contribution in [2.75, 3.05) is 18.5 Å². The van der Waals surface area contributed by atoms with E-state index in [-0.39, 0.29) is 30.4 Å². The third-order valence-electron chi connectivity index (χ3n) is 1.52. The maximum Gasteiger partial charge on any atom is 0.310 e. The summed E-state index contributed by atoms with van der Waals surface area (Å²) in [5.74, 6) is -1.50. The number of hydrogen-bond donors (Lipinski definition) is 1. The molecule has 0 aliphatic rings. The van der Waals surface area contributed by atoms with Crippen LogP contribution in [0.25, 0.3) is 0 Å². The summed E-state index contributed by atoms with van der Waals surface area (Å²) in [5.41, 5.74) is 0. The molecule has 6 heteroatoms. The summed E-state index contributed by atoms with van der Waals surface area (Å²) in [6.45, 7) is 4.84. The third-order valence-corrected chi connectivity index (χ3v) is 3.84. The predicted octanol–water partition coefficient (Wildman–Crippen LogP) is 1.09. The molecule has 0 aromatic carbocycles. The molecule has 0 aliphatic heterocycles. The molecule has 92 valence electrons. The zero-order valence-electron chi connectivity index (χ0n) is 9.73. The first kappa shape index (κ1) is 15.0. The van der Waals surface area contributed by atoms with E-state index in [0.717, 1.165) is 0 Å². The van der Waals surface area contributed by atoms with Gasteiger partial charge in [0.05, 0.1) is 18.4 Å². The lowest BCUT2D eigenvalue weighted by Crippen LogP contribution is -2.18. The Labute approximate surface area is 95.9 Å². The van der Waals surface area contributed by atoms with Crippen molar-refractivity contribution in [1.29, 1.82) is 0 Å². The van der Waals surface area contributed by atoms with Crippen LogP contribution in [-0.4, -0.2) is 47.4 Å². The van der Waals surface area contributed by atoms with Gasteiger partial charge >= 0.3 is 11.9 Å². The van der Waals surface area contributed by atoms with Gasteiger partial charge in [-0.15, -0.1) is 0 Å². The van der Waals surface area contributed by atoms with E-state index in [9.17, 15) is 14.4 Å². The van der Waals surface area contributed by atoms with E-state index in [1.54, 1.807) is 13.8 Å². The molecule has 1 unspecified atom stereocenters. The summed E-state index contributed by atoms with van der Waals surface area (Å²) in [4.78, 5) is 32.8. The Morgan fingerprint density at radius 3 is 2.12 bits per heavy atom. The lowest BCUT2D eigenvalue weighted by molar-refractivity contribution is -0.144. The highest BCUT2D eigenvalue weighted by Gasteiger charge is 2.19. The van der Waals surface area contributed by atoms with Crippen LogP contribution in [0.2, 0.25) is 0 Å². The number of rotatable bonds is 7. The minimum Gasteiger partial charge on any atom is -0.481 e. The van der Waals surface area contributed by atoms with Crippen molar-refractivity contribution >= 4 is 25.6 Å². The van der Waals surface area contributed by atoms with Crippen molar-refractivity contribution in [3.63, 3.8) is 0 Å². The number of carbonyl (C=O) groups excluding carboxylic acids is 2. The Hall–Kier alpha value is -0.960. The summed E-state index contributed by atoms with van der Waals surface area (Å²) < 4.78 is 4.92. The molecule has 0 aliphatic carbocycles. The molecule has 0 saturated carbocycles. The molecule has 0 saturated heterocycles. The van der Waals surface area contributed by atoms with Crippen LogP contribution < -0.4 is 0 Å². The molecule has 5 nitrogen and oxygen atoms in total. The van der Waals surface area contributed by atoms with Crippen molar-refractivity contribution in [1.82, 2.24) is 0 Å². The number of carboxylic acids is 1. The number of ketones is 1. The van der Waals surface area contributed by atoms with Crippen LogP contribution in [0.4, 0.5) is 0 Å². The molecular formula is C10H17O5P. The fourth-order valence-electron chi connectivity index (χ4n) is 1.16. The van der Waals surface area contributed by atoms with Crippen LogP contribution in [0.1, 0.15) is 20.8 Å². The molecule has 0 radical (unpaired) electrons. The number of aliphatic carboxylic acids is 1. The first-order valence-corrected chi connectivity index (χ1v) is 6.84. The largest absolute Gasteiger partial charge is 0.481 e. The van der Waals surface area contributed by atoms with Gasteiger partial charge in [0.1, 0.15) is 5.78 Å². The van der Waals surface area contributed by atoms with Gasteiger partial charge in [-0.05, 0) is 20.8 Å². The van der Waals surface area contributed by atoms with Crippen LogP contribution in [0.3, 0.4) is 0 Å². The first-order valence-electron chi connectivity index (χ1n) is 4.94. The SMILES string of the molecule is CC(=O)CP(CC(=O)O)CC(=O)OC(C)C. The fourth-order valence-corrected chi connectivity index (χ4v) is 2.94. The van der Waals surface area contributed by atoms with Gasteiger partial charge in [0.25, 0.3) is 0 Å². The maximum atomic E-state index is 11.3. The molecule has 0 aromatic rings. The van der Waals surface area contributed by atoms with Gasteiger partial charge in [0, 0.05) is 6.16 Å². The number of hydrogen-bond acceptors (Lipinski definition) is 4. The zero-order valence-corrected chi connectivity index (χ0v) is 10.6. The average Bonchev–Trinajstić information content (AvgIpc) is 1.97. The monoisotopic (exact) mass is 248 g/mol. The highest BCUT2D eigenvalue weighted by molar-refractivity contribution is 7.60. The Kier molecular flexibility index (Phi) is 6.90. The lowest BCUT2D eigenvalue weighted by atomic mass is 10.5. The molecule has 1 atom stereocenters. The molecule has 0 bridgehead atoms. The lowest BCUT2D eigenvalue weighted by Gasteiger charge is -2.14. The topological polar surface area (TPSA) is 80.7 Å². The van der Waals surface area contributed by atoms with Crippen molar-refractivity contribution in [2.45, 2.75) is 26.9 Å². The van der Waals surface area contributed by atoms with Crippen molar-refractivity contribution in [3.8, 4) is 0 Å². The number of esters is 1. The third kappa shape index (κ3) is 8.36. The van der Waals surface area contributed by atoms with Crippen molar-refractivity contribution in [2.24, 2.45) is 0 Å². The van der Waals surface area contributed by atoms with E-state index < -0.39 is 19.9 Å². The standard InChI is InChI=1S/C10H17O5P/c1-7(2)15-10(14)6-16(4-8(3)11)5-9(12)13/h7H,4-6H2,1-3H3,(H,12,13). The van der Waals surface area contributed by atoms with Crippen LogP contribution in [0.5, 0.6) is 0 Å². The smallest absolute Gasteiger partial charge is 0.310 e. The van der Waals surface area contributed by atoms with Crippen LogP contribution in [0, 0.1) is 0 Å². The van der Waals surface area contributed by atoms with E-state index in [0.29, 0.717) is 0 Å². The van der Waals surface area contributed by atoms with E-state index in [1.165, 1.54) is 6.92 Å². The first-order chi connectivity index (χ1) is 7.31. The van der Waals surface area contributed by atoms with Gasteiger partial charge in [-0.2, -0.15) is 0 Å². The summed E-state index contributed by atoms with van der Waals surface area (Å²) in [6.07, 6.45) is -0.137. The highest BCUT2D eigenvalue weighted by atomic mass is 31.1. The molecule has 1 N–H and O–H groups in total. The second kappa shape index (κ2) is 7.34. The molecule has 0 amide bonds. The number of carbonyl (C=O) groups is 3. The minimum atomic E-state index is -1.13. The Bertz CT molecular complexity index is 258. The summed E-state index contributed by atoms with van der Waals surface area (Å²) in [6, 6.07) is 0. The predicted molar refractivity (Wildman–Crippen MR) is 61.1 cm³/mol. The van der Waals surface area contributed by atoms with E-state index in [4.69, 9.17) is 9.84 Å². The molecule has 16 heavy (non-hydrogen) atoms. The molecule has 0 spiro atoms. The van der Waals surface area contributed by atoms with E-state index >= 15 is 0 Å². The second-order valence-corrected chi connectivity index (χ2v) is 6.07. The summed E-state index contributed by atoms with van der Waals surface area (Å²) >= 11 is 0. The van der Waals surface area contributed by atoms with Crippen LogP contribution >= 0.6 is 7.92 Å². The van der Waals surface area contributed by atoms with Crippen molar-refractivity contribution < 1.29 is 24.2 Å². The fraction of sp³-hybridized carbons (Fsp3) is 0.700.